The number of rotatable bonds is 13. The van der Waals surface area contributed by atoms with E-state index in [1.807, 2.05) is 24.3 Å². The molecule has 0 aliphatic heterocycles. The van der Waals surface area contributed by atoms with Crippen LogP contribution < -0.4 is 4.74 Å². The lowest BCUT2D eigenvalue weighted by Gasteiger charge is -2.23. The standard InChI is InChI=1S/C31H33NO2/c1-4-11-28(12-5-1)24-32(25-29-13-6-2-7-14-29)20-19-27-17-10-18-31(23-27)34-22-21-33-26-30-15-8-3-9-16-30/h1-18,23H,19-22,24-26H2. The highest BCUT2D eigenvalue weighted by Crippen LogP contribution is 2.16. The molecule has 0 radical (unpaired) electrons. The molecule has 3 heteroatoms. The maximum absolute atomic E-state index is 5.94. The van der Waals surface area contributed by atoms with Crippen molar-refractivity contribution in [1.29, 1.82) is 0 Å². The number of ether oxygens (including phenoxy) is 2. The summed E-state index contributed by atoms with van der Waals surface area (Å²) in [4.78, 5) is 2.51. The second kappa shape index (κ2) is 13.3. The van der Waals surface area contributed by atoms with Crippen LogP contribution in [-0.4, -0.2) is 24.7 Å². The van der Waals surface area contributed by atoms with Crippen LogP contribution in [0.3, 0.4) is 0 Å². The van der Waals surface area contributed by atoms with Crippen molar-refractivity contribution in [3.63, 3.8) is 0 Å². The van der Waals surface area contributed by atoms with Gasteiger partial charge in [-0.15, -0.1) is 0 Å². The van der Waals surface area contributed by atoms with E-state index in [4.69, 9.17) is 9.47 Å². The highest BCUT2D eigenvalue weighted by atomic mass is 16.5. The molecule has 4 aromatic carbocycles. The summed E-state index contributed by atoms with van der Waals surface area (Å²) in [7, 11) is 0. The fourth-order valence-electron chi connectivity index (χ4n) is 3.96. The van der Waals surface area contributed by atoms with Crippen molar-refractivity contribution in [3.05, 3.63) is 138 Å². The van der Waals surface area contributed by atoms with Crippen LogP contribution >= 0.6 is 0 Å². The third kappa shape index (κ3) is 8.18. The number of benzene rings is 4. The summed E-state index contributed by atoms with van der Waals surface area (Å²) in [6.45, 7) is 4.58. The molecule has 0 heterocycles. The summed E-state index contributed by atoms with van der Waals surface area (Å²) in [6, 6.07) is 40.0. The van der Waals surface area contributed by atoms with Gasteiger partial charge in [0.25, 0.3) is 0 Å². The van der Waals surface area contributed by atoms with E-state index < -0.39 is 0 Å². The number of nitrogens with zero attached hydrogens (tertiary/aromatic N) is 1. The largest absolute Gasteiger partial charge is 0.491 e. The predicted octanol–water partition coefficient (Wildman–Crippen LogP) is 6.53. The fraction of sp³-hybridized carbons (Fsp3) is 0.226. The molecule has 0 aliphatic carbocycles. The maximum Gasteiger partial charge on any atom is 0.119 e. The predicted molar refractivity (Wildman–Crippen MR) is 139 cm³/mol. The van der Waals surface area contributed by atoms with Gasteiger partial charge in [0.2, 0.25) is 0 Å². The summed E-state index contributed by atoms with van der Waals surface area (Å²) < 4.78 is 11.7. The Morgan fingerprint density at radius 3 is 1.71 bits per heavy atom. The summed E-state index contributed by atoms with van der Waals surface area (Å²) in [5.41, 5.74) is 5.14. The van der Waals surface area contributed by atoms with Gasteiger partial charge in [0.05, 0.1) is 13.2 Å². The summed E-state index contributed by atoms with van der Waals surface area (Å²) in [5, 5.41) is 0. The molecule has 0 aromatic heterocycles. The van der Waals surface area contributed by atoms with Gasteiger partial charge < -0.3 is 9.47 Å². The average molecular weight is 452 g/mol. The Bertz CT molecular complexity index is 1040. The quantitative estimate of drug-likeness (QED) is 0.216. The van der Waals surface area contributed by atoms with Gasteiger partial charge in [-0.1, -0.05) is 103 Å². The molecule has 174 valence electrons. The maximum atomic E-state index is 5.94. The Labute approximate surface area is 203 Å². The molecule has 3 nitrogen and oxygen atoms in total. The van der Waals surface area contributed by atoms with Crippen LogP contribution in [0.2, 0.25) is 0 Å². The Morgan fingerprint density at radius 2 is 1.09 bits per heavy atom. The molecule has 0 saturated carbocycles. The molecule has 0 fully saturated rings. The summed E-state index contributed by atoms with van der Waals surface area (Å²) >= 11 is 0. The second-order valence-corrected chi connectivity index (χ2v) is 8.47. The molecule has 0 atom stereocenters. The van der Waals surface area contributed by atoms with Crippen molar-refractivity contribution < 1.29 is 9.47 Å². The first-order valence-corrected chi connectivity index (χ1v) is 12.0. The number of hydrogen-bond donors (Lipinski definition) is 0. The molecular formula is C31H33NO2. The zero-order valence-electron chi connectivity index (χ0n) is 19.7. The van der Waals surface area contributed by atoms with Crippen molar-refractivity contribution in [2.24, 2.45) is 0 Å². The molecule has 0 aliphatic rings. The first kappa shape index (κ1) is 23.7. The van der Waals surface area contributed by atoms with E-state index in [2.05, 4.69) is 95.9 Å². The average Bonchev–Trinajstić information content (AvgIpc) is 2.89. The van der Waals surface area contributed by atoms with Crippen molar-refractivity contribution in [2.45, 2.75) is 26.1 Å². The van der Waals surface area contributed by atoms with Crippen molar-refractivity contribution in [1.82, 2.24) is 4.90 Å². The molecule has 4 rings (SSSR count). The van der Waals surface area contributed by atoms with Crippen molar-refractivity contribution >= 4 is 0 Å². The van der Waals surface area contributed by atoms with Crippen LogP contribution in [0.5, 0.6) is 5.75 Å². The zero-order valence-corrected chi connectivity index (χ0v) is 19.7. The molecule has 0 bridgehead atoms. The molecule has 34 heavy (non-hydrogen) atoms. The summed E-state index contributed by atoms with van der Waals surface area (Å²) in [5.74, 6) is 0.901. The molecule has 0 unspecified atom stereocenters. The highest BCUT2D eigenvalue weighted by molar-refractivity contribution is 5.29. The first-order valence-electron chi connectivity index (χ1n) is 12.0. The van der Waals surface area contributed by atoms with Crippen LogP contribution in [0.15, 0.2) is 115 Å². The van der Waals surface area contributed by atoms with Gasteiger partial charge in [-0.05, 0) is 40.8 Å². The van der Waals surface area contributed by atoms with Gasteiger partial charge in [-0.3, -0.25) is 4.90 Å². The number of hydrogen-bond acceptors (Lipinski definition) is 3. The smallest absolute Gasteiger partial charge is 0.119 e. The van der Waals surface area contributed by atoms with E-state index in [1.165, 1.54) is 22.3 Å². The Hall–Kier alpha value is -3.40. The van der Waals surface area contributed by atoms with Gasteiger partial charge in [0.15, 0.2) is 0 Å². The van der Waals surface area contributed by atoms with E-state index in [1.54, 1.807) is 0 Å². The normalized spacial score (nSPS) is 11.0. The Morgan fingerprint density at radius 1 is 0.529 bits per heavy atom. The van der Waals surface area contributed by atoms with Gasteiger partial charge in [-0.2, -0.15) is 0 Å². The zero-order chi connectivity index (χ0) is 23.3. The lowest BCUT2D eigenvalue weighted by molar-refractivity contribution is 0.0889. The molecule has 4 aromatic rings. The van der Waals surface area contributed by atoms with Gasteiger partial charge in [-0.25, -0.2) is 0 Å². The Balaban J connectivity index is 1.27. The van der Waals surface area contributed by atoms with Crippen LogP contribution in [0.1, 0.15) is 22.3 Å². The minimum Gasteiger partial charge on any atom is -0.491 e. The minimum absolute atomic E-state index is 0.546. The van der Waals surface area contributed by atoms with Crippen molar-refractivity contribution in [2.75, 3.05) is 19.8 Å². The van der Waals surface area contributed by atoms with Gasteiger partial charge >= 0.3 is 0 Å². The van der Waals surface area contributed by atoms with E-state index in [-0.39, 0.29) is 0 Å². The van der Waals surface area contributed by atoms with Crippen molar-refractivity contribution in [3.8, 4) is 5.75 Å². The fourth-order valence-corrected chi connectivity index (χ4v) is 3.96. The highest BCUT2D eigenvalue weighted by Gasteiger charge is 2.08. The molecule has 0 saturated heterocycles. The van der Waals surface area contributed by atoms with E-state index in [9.17, 15) is 0 Å². The lowest BCUT2D eigenvalue weighted by Crippen LogP contribution is -2.25. The molecular weight excluding hydrogens is 418 g/mol. The SMILES string of the molecule is c1ccc(COCCOc2cccc(CCN(Cc3ccccc3)Cc3ccccc3)c2)cc1. The first-order chi connectivity index (χ1) is 16.8. The third-order valence-electron chi connectivity index (χ3n) is 5.72. The second-order valence-electron chi connectivity index (χ2n) is 8.47. The topological polar surface area (TPSA) is 21.7 Å². The molecule has 0 amide bonds. The van der Waals surface area contributed by atoms with Crippen LogP contribution in [0.25, 0.3) is 0 Å². The Kier molecular flexibility index (Phi) is 9.32. The lowest BCUT2D eigenvalue weighted by atomic mass is 10.1. The summed E-state index contributed by atoms with van der Waals surface area (Å²) in [6.07, 6.45) is 0.974. The monoisotopic (exact) mass is 451 g/mol. The van der Waals surface area contributed by atoms with E-state index in [0.29, 0.717) is 19.8 Å². The van der Waals surface area contributed by atoms with Gasteiger partial charge in [0, 0.05) is 19.6 Å². The van der Waals surface area contributed by atoms with Crippen LogP contribution in [-0.2, 0) is 30.9 Å². The van der Waals surface area contributed by atoms with Crippen LogP contribution in [0.4, 0.5) is 0 Å². The molecule has 0 N–H and O–H groups in total. The minimum atomic E-state index is 0.546. The van der Waals surface area contributed by atoms with Crippen LogP contribution in [0, 0.1) is 0 Å². The van der Waals surface area contributed by atoms with E-state index >= 15 is 0 Å². The third-order valence-corrected chi connectivity index (χ3v) is 5.72. The van der Waals surface area contributed by atoms with E-state index in [0.717, 1.165) is 31.8 Å². The van der Waals surface area contributed by atoms with Gasteiger partial charge in [0.1, 0.15) is 12.4 Å². The molecule has 0 spiro atoms.